The molecule has 0 spiro atoms. The first-order valence-electron chi connectivity index (χ1n) is 12.1. The van der Waals surface area contributed by atoms with Gasteiger partial charge in [0, 0.05) is 43.4 Å². The number of fused-ring (bicyclic) bond motifs is 1. The van der Waals surface area contributed by atoms with Gasteiger partial charge in [-0.05, 0) is 37.6 Å². The van der Waals surface area contributed by atoms with Crippen molar-refractivity contribution in [3.8, 4) is 17.7 Å². The average molecular weight is 497 g/mol. The first kappa shape index (κ1) is 27.0. The van der Waals surface area contributed by atoms with Gasteiger partial charge in [-0.2, -0.15) is 0 Å². The standard InChI is InChI=1S/C27H33FN4O4/c1-5-6-7-9-20-12-23-25(29-14-20)36-24(18(2)15-32(26(23)34)19(3)17-33)16-31(4)27(35)30-22-11-8-10-21(28)13-22/h8,10-14,18-19,24,33H,5-6,15-17H2,1-4H3,(H,30,35)/t18-,19-,24-/m1/s1. The van der Waals surface area contributed by atoms with E-state index in [1.807, 2.05) is 13.8 Å². The summed E-state index contributed by atoms with van der Waals surface area (Å²) in [5.74, 6) is 5.31. The van der Waals surface area contributed by atoms with Crippen LogP contribution in [0, 0.1) is 23.6 Å². The molecule has 3 rings (SSSR count). The number of carbonyl (C=O) groups is 2. The van der Waals surface area contributed by atoms with E-state index in [-0.39, 0.29) is 36.4 Å². The van der Waals surface area contributed by atoms with Crippen LogP contribution in [0.5, 0.6) is 5.88 Å². The number of aromatic nitrogens is 1. The zero-order valence-electron chi connectivity index (χ0n) is 21.1. The number of aliphatic hydroxyl groups is 1. The highest BCUT2D eigenvalue weighted by Crippen LogP contribution is 2.27. The van der Waals surface area contributed by atoms with Crippen LogP contribution in [-0.4, -0.2) is 70.7 Å². The number of aliphatic hydroxyl groups excluding tert-OH is 1. The third kappa shape index (κ3) is 6.73. The minimum Gasteiger partial charge on any atom is -0.472 e. The second kappa shape index (κ2) is 12.4. The molecule has 1 aromatic carbocycles. The SMILES string of the molecule is CCCC#Cc1cnc2c(c1)C(=O)N([C@H](C)CO)C[C@@H](C)[C@@H](CN(C)C(=O)Nc1cccc(F)c1)O2. The molecule has 8 nitrogen and oxygen atoms in total. The van der Waals surface area contributed by atoms with Crippen LogP contribution in [0.2, 0.25) is 0 Å². The van der Waals surface area contributed by atoms with Gasteiger partial charge in [0.15, 0.2) is 0 Å². The number of rotatable bonds is 6. The molecule has 0 saturated heterocycles. The van der Waals surface area contributed by atoms with Crippen molar-refractivity contribution in [1.82, 2.24) is 14.8 Å². The molecule has 0 unspecified atom stereocenters. The van der Waals surface area contributed by atoms with E-state index in [1.54, 1.807) is 37.2 Å². The van der Waals surface area contributed by atoms with Crippen molar-refractivity contribution in [1.29, 1.82) is 0 Å². The van der Waals surface area contributed by atoms with E-state index >= 15 is 0 Å². The van der Waals surface area contributed by atoms with Gasteiger partial charge < -0.3 is 25.0 Å². The molecule has 0 fully saturated rings. The maximum absolute atomic E-state index is 13.5. The molecule has 1 aromatic heterocycles. The molecule has 2 N–H and O–H groups in total. The molecule has 0 radical (unpaired) electrons. The van der Waals surface area contributed by atoms with Crippen molar-refractivity contribution in [2.45, 2.75) is 45.8 Å². The summed E-state index contributed by atoms with van der Waals surface area (Å²) in [6.45, 7) is 6.04. The van der Waals surface area contributed by atoms with E-state index in [2.05, 4.69) is 22.1 Å². The summed E-state index contributed by atoms with van der Waals surface area (Å²) in [6.07, 6.45) is 2.73. The van der Waals surface area contributed by atoms with E-state index in [1.165, 1.54) is 23.1 Å². The van der Waals surface area contributed by atoms with Gasteiger partial charge in [0.05, 0.1) is 19.2 Å². The summed E-state index contributed by atoms with van der Waals surface area (Å²) in [7, 11) is 1.61. The normalized spacial score (nSPS) is 18.1. The van der Waals surface area contributed by atoms with Crippen molar-refractivity contribution >= 4 is 17.6 Å². The molecule has 2 heterocycles. The summed E-state index contributed by atoms with van der Waals surface area (Å²) < 4.78 is 19.7. The van der Waals surface area contributed by atoms with Gasteiger partial charge in [-0.1, -0.05) is 31.8 Å². The van der Waals surface area contributed by atoms with Crippen molar-refractivity contribution in [2.75, 3.05) is 32.1 Å². The Kier molecular flexibility index (Phi) is 9.25. The fourth-order valence-electron chi connectivity index (χ4n) is 3.82. The number of pyridine rings is 1. The van der Waals surface area contributed by atoms with Crippen LogP contribution < -0.4 is 10.1 Å². The summed E-state index contributed by atoms with van der Waals surface area (Å²) in [4.78, 5) is 33.6. The lowest BCUT2D eigenvalue weighted by molar-refractivity contribution is 0.0356. The molecule has 0 bridgehead atoms. The number of anilines is 1. The summed E-state index contributed by atoms with van der Waals surface area (Å²) in [5, 5.41) is 12.5. The number of hydrogen-bond donors (Lipinski definition) is 2. The van der Waals surface area contributed by atoms with E-state index in [0.717, 1.165) is 12.8 Å². The Hall–Kier alpha value is -3.64. The van der Waals surface area contributed by atoms with Crippen molar-refractivity contribution in [3.05, 3.63) is 53.5 Å². The van der Waals surface area contributed by atoms with Crippen LogP contribution in [0.4, 0.5) is 14.9 Å². The lowest BCUT2D eigenvalue weighted by atomic mass is 10.00. The first-order valence-corrected chi connectivity index (χ1v) is 12.1. The number of halogens is 1. The number of nitrogens with one attached hydrogen (secondary N) is 1. The molecule has 3 amide bonds. The van der Waals surface area contributed by atoms with Gasteiger partial charge in [0.1, 0.15) is 17.5 Å². The van der Waals surface area contributed by atoms with Crippen molar-refractivity contribution < 1.29 is 23.8 Å². The Bertz CT molecular complexity index is 1150. The largest absolute Gasteiger partial charge is 0.472 e. The zero-order valence-corrected chi connectivity index (χ0v) is 21.1. The number of hydrogen-bond acceptors (Lipinski definition) is 5. The fourth-order valence-corrected chi connectivity index (χ4v) is 3.82. The molecule has 1 aliphatic heterocycles. The highest BCUT2D eigenvalue weighted by atomic mass is 19.1. The lowest BCUT2D eigenvalue weighted by Crippen LogP contribution is -2.50. The van der Waals surface area contributed by atoms with Crippen LogP contribution in [-0.2, 0) is 0 Å². The van der Waals surface area contributed by atoms with E-state index < -0.39 is 24.0 Å². The summed E-state index contributed by atoms with van der Waals surface area (Å²) in [5.41, 5.74) is 1.21. The summed E-state index contributed by atoms with van der Waals surface area (Å²) in [6, 6.07) is 6.47. The molecule has 1 aliphatic rings. The predicted octanol–water partition coefficient (Wildman–Crippen LogP) is 3.76. The Balaban J connectivity index is 1.87. The lowest BCUT2D eigenvalue weighted by Gasteiger charge is -2.37. The number of urea groups is 1. The molecule has 2 aromatic rings. The number of benzene rings is 1. The molecule has 9 heteroatoms. The third-order valence-electron chi connectivity index (χ3n) is 6.01. The van der Waals surface area contributed by atoms with E-state index in [0.29, 0.717) is 17.8 Å². The van der Waals surface area contributed by atoms with E-state index in [9.17, 15) is 19.1 Å². The molecular formula is C27H33FN4O4. The first-order chi connectivity index (χ1) is 17.2. The second-order valence-electron chi connectivity index (χ2n) is 9.07. The molecule has 0 aliphatic carbocycles. The Labute approximate surface area is 211 Å². The quantitative estimate of drug-likeness (QED) is 0.594. The highest BCUT2D eigenvalue weighted by Gasteiger charge is 2.34. The van der Waals surface area contributed by atoms with Crippen LogP contribution in [0.15, 0.2) is 36.5 Å². The molecule has 36 heavy (non-hydrogen) atoms. The minimum atomic E-state index is -0.502. The minimum absolute atomic E-state index is 0.159. The van der Waals surface area contributed by atoms with Crippen molar-refractivity contribution in [2.24, 2.45) is 5.92 Å². The zero-order chi connectivity index (χ0) is 26.2. The van der Waals surface area contributed by atoms with Gasteiger partial charge in [0.2, 0.25) is 5.88 Å². The number of ether oxygens (including phenoxy) is 1. The van der Waals surface area contributed by atoms with Gasteiger partial charge in [-0.15, -0.1) is 0 Å². The number of nitrogens with zero attached hydrogens (tertiary/aromatic N) is 3. The molecular weight excluding hydrogens is 463 g/mol. The van der Waals surface area contributed by atoms with Crippen LogP contribution >= 0.6 is 0 Å². The van der Waals surface area contributed by atoms with Gasteiger partial charge in [0.25, 0.3) is 5.91 Å². The Morgan fingerprint density at radius 2 is 2.19 bits per heavy atom. The van der Waals surface area contributed by atoms with Crippen LogP contribution in [0.1, 0.15) is 49.5 Å². The van der Waals surface area contributed by atoms with Crippen molar-refractivity contribution in [3.63, 3.8) is 0 Å². The maximum Gasteiger partial charge on any atom is 0.321 e. The van der Waals surface area contributed by atoms with E-state index in [4.69, 9.17) is 4.74 Å². The monoisotopic (exact) mass is 496 g/mol. The Morgan fingerprint density at radius 3 is 2.89 bits per heavy atom. The Morgan fingerprint density at radius 1 is 1.42 bits per heavy atom. The molecule has 0 saturated carbocycles. The maximum atomic E-state index is 13.5. The topological polar surface area (TPSA) is 95.0 Å². The highest BCUT2D eigenvalue weighted by molar-refractivity contribution is 5.97. The number of likely N-dealkylation sites (N-methyl/N-ethyl adjacent to an activating group) is 1. The smallest absolute Gasteiger partial charge is 0.321 e. The van der Waals surface area contributed by atoms with Gasteiger partial charge >= 0.3 is 6.03 Å². The second-order valence-corrected chi connectivity index (χ2v) is 9.07. The number of unbranched alkanes of at least 4 members (excludes halogenated alkanes) is 1. The van der Waals surface area contributed by atoms with Gasteiger partial charge in [-0.3, -0.25) is 4.79 Å². The molecule has 3 atom stereocenters. The number of carbonyl (C=O) groups excluding carboxylic acids is 2. The predicted molar refractivity (Wildman–Crippen MR) is 135 cm³/mol. The van der Waals surface area contributed by atoms with Crippen LogP contribution in [0.3, 0.4) is 0 Å². The van der Waals surface area contributed by atoms with Gasteiger partial charge in [-0.25, -0.2) is 14.2 Å². The van der Waals surface area contributed by atoms with Crippen LogP contribution in [0.25, 0.3) is 0 Å². The average Bonchev–Trinajstić information content (AvgIpc) is 2.86. The number of amides is 3. The summed E-state index contributed by atoms with van der Waals surface area (Å²) >= 11 is 0. The fraction of sp³-hybridized carbons (Fsp3) is 0.444. The molecule has 192 valence electrons. The third-order valence-corrected chi connectivity index (χ3v) is 6.01.